The van der Waals surface area contributed by atoms with Gasteiger partial charge in [0.15, 0.2) is 0 Å². The first-order chi connectivity index (χ1) is 7.93. The van der Waals surface area contributed by atoms with Gasteiger partial charge in [0.1, 0.15) is 5.25 Å². The number of hydrogen-bond donors (Lipinski definition) is 2. The van der Waals surface area contributed by atoms with E-state index in [0.717, 1.165) is 19.3 Å². The first-order valence-electron chi connectivity index (χ1n) is 6.59. The molecule has 4 fully saturated rings. The maximum atomic E-state index is 11.6. The minimum Gasteiger partial charge on any atom is -0.329 e. The van der Waals surface area contributed by atoms with Crippen molar-refractivity contribution in [3.63, 3.8) is 0 Å². The Bertz CT molecular complexity index is 382. The van der Waals surface area contributed by atoms with Crippen LogP contribution in [-0.2, 0) is 10.1 Å². The van der Waals surface area contributed by atoms with Gasteiger partial charge in [-0.05, 0) is 61.7 Å². The SMILES string of the molecule is NCC(C12CC3CC(CC(C3)C1)C2)S(=O)(=O)O. The molecule has 98 valence electrons. The molecule has 4 rings (SSSR count). The summed E-state index contributed by atoms with van der Waals surface area (Å²) in [6.45, 7) is 0.0605. The summed E-state index contributed by atoms with van der Waals surface area (Å²) in [7, 11) is -4.00. The second kappa shape index (κ2) is 3.68. The summed E-state index contributed by atoms with van der Waals surface area (Å²) in [4.78, 5) is 0. The van der Waals surface area contributed by atoms with Crippen molar-refractivity contribution in [1.29, 1.82) is 0 Å². The molecule has 0 aliphatic heterocycles. The van der Waals surface area contributed by atoms with Gasteiger partial charge >= 0.3 is 0 Å². The highest BCUT2D eigenvalue weighted by atomic mass is 32.2. The van der Waals surface area contributed by atoms with Crippen molar-refractivity contribution >= 4 is 10.1 Å². The van der Waals surface area contributed by atoms with Gasteiger partial charge in [0.2, 0.25) is 0 Å². The van der Waals surface area contributed by atoms with Crippen LogP contribution in [0.4, 0.5) is 0 Å². The second-order valence-corrected chi connectivity index (χ2v) is 8.12. The van der Waals surface area contributed by atoms with E-state index in [4.69, 9.17) is 5.73 Å². The van der Waals surface area contributed by atoms with Crippen molar-refractivity contribution in [3.05, 3.63) is 0 Å². The van der Waals surface area contributed by atoms with E-state index in [1.807, 2.05) is 0 Å². The molecule has 0 aromatic heterocycles. The Labute approximate surface area is 103 Å². The quantitative estimate of drug-likeness (QED) is 0.751. The van der Waals surface area contributed by atoms with Gasteiger partial charge in [0, 0.05) is 6.54 Å². The lowest BCUT2D eigenvalue weighted by molar-refractivity contribution is -0.0543. The molecule has 0 spiro atoms. The summed E-state index contributed by atoms with van der Waals surface area (Å²) < 4.78 is 32.5. The van der Waals surface area contributed by atoms with Crippen LogP contribution in [0.2, 0.25) is 0 Å². The fourth-order valence-corrected chi connectivity index (χ4v) is 6.42. The van der Waals surface area contributed by atoms with Gasteiger partial charge in [0.05, 0.1) is 0 Å². The first-order valence-corrected chi connectivity index (χ1v) is 8.09. The summed E-state index contributed by atoms with van der Waals surface area (Å²) in [5, 5.41) is -0.733. The molecular formula is C12H21NO3S. The summed E-state index contributed by atoms with van der Waals surface area (Å²) in [6, 6.07) is 0. The predicted octanol–water partition coefficient (Wildman–Crippen LogP) is 1.42. The van der Waals surface area contributed by atoms with E-state index in [1.165, 1.54) is 19.3 Å². The molecule has 4 bridgehead atoms. The lowest BCUT2D eigenvalue weighted by Gasteiger charge is -2.58. The molecule has 5 heteroatoms. The summed E-state index contributed by atoms with van der Waals surface area (Å²) in [6.07, 6.45) is 6.67. The molecule has 0 aromatic rings. The second-order valence-electron chi connectivity index (χ2n) is 6.52. The summed E-state index contributed by atoms with van der Waals surface area (Å²) in [5.41, 5.74) is 5.43. The smallest absolute Gasteiger partial charge is 0.269 e. The van der Waals surface area contributed by atoms with E-state index in [-0.39, 0.29) is 12.0 Å². The van der Waals surface area contributed by atoms with Gasteiger partial charge in [-0.25, -0.2) is 0 Å². The molecule has 4 nitrogen and oxygen atoms in total. The topological polar surface area (TPSA) is 80.4 Å². The van der Waals surface area contributed by atoms with Gasteiger partial charge in [0.25, 0.3) is 10.1 Å². The third-order valence-electron chi connectivity index (χ3n) is 5.34. The molecule has 0 aromatic carbocycles. The van der Waals surface area contributed by atoms with Crippen molar-refractivity contribution in [1.82, 2.24) is 0 Å². The van der Waals surface area contributed by atoms with E-state index in [1.54, 1.807) is 0 Å². The lowest BCUT2D eigenvalue weighted by Crippen LogP contribution is -2.55. The molecule has 4 aliphatic rings. The Morgan fingerprint density at radius 2 is 1.53 bits per heavy atom. The molecule has 4 aliphatic carbocycles. The molecule has 1 unspecified atom stereocenters. The molecule has 0 saturated heterocycles. The van der Waals surface area contributed by atoms with Crippen LogP contribution in [-0.4, -0.2) is 24.8 Å². The molecule has 0 heterocycles. The van der Waals surface area contributed by atoms with Crippen molar-refractivity contribution in [2.75, 3.05) is 6.54 Å². The standard InChI is InChI=1S/C12H21NO3S/c13-7-11(17(14,15)16)12-4-8-1-9(5-12)3-10(2-8)6-12/h8-11H,1-7,13H2,(H,14,15,16). The van der Waals surface area contributed by atoms with Crippen molar-refractivity contribution < 1.29 is 13.0 Å². The molecular weight excluding hydrogens is 238 g/mol. The van der Waals surface area contributed by atoms with Gasteiger partial charge < -0.3 is 5.73 Å². The van der Waals surface area contributed by atoms with Crippen molar-refractivity contribution in [2.45, 2.75) is 43.8 Å². The minimum absolute atomic E-state index is 0.0605. The summed E-state index contributed by atoms with van der Waals surface area (Å²) in [5.74, 6) is 2.03. The van der Waals surface area contributed by atoms with Crippen LogP contribution in [0, 0.1) is 23.2 Å². The predicted molar refractivity (Wildman–Crippen MR) is 65.0 cm³/mol. The van der Waals surface area contributed by atoms with E-state index >= 15 is 0 Å². The van der Waals surface area contributed by atoms with Crippen LogP contribution in [0.1, 0.15) is 38.5 Å². The number of rotatable bonds is 3. The Kier molecular flexibility index (Phi) is 2.58. The monoisotopic (exact) mass is 259 g/mol. The van der Waals surface area contributed by atoms with Gasteiger partial charge in [-0.15, -0.1) is 0 Å². The maximum Gasteiger partial charge on any atom is 0.269 e. The van der Waals surface area contributed by atoms with E-state index < -0.39 is 15.4 Å². The average molecular weight is 259 g/mol. The van der Waals surface area contributed by atoms with Crippen LogP contribution < -0.4 is 5.73 Å². The minimum atomic E-state index is -4.00. The zero-order chi connectivity index (χ0) is 12.3. The Morgan fingerprint density at radius 3 is 1.82 bits per heavy atom. The van der Waals surface area contributed by atoms with Crippen LogP contribution in [0.5, 0.6) is 0 Å². The number of hydrogen-bond acceptors (Lipinski definition) is 3. The largest absolute Gasteiger partial charge is 0.329 e. The molecule has 17 heavy (non-hydrogen) atoms. The van der Waals surface area contributed by atoms with Crippen molar-refractivity contribution in [2.24, 2.45) is 28.9 Å². The van der Waals surface area contributed by atoms with E-state index in [2.05, 4.69) is 0 Å². The fraction of sp³-hybridized carbons (Fsp3) is 1.00. The Balaban J connectivity index is 1.96. The Hall–Kier alpha value is -0.130. The fourth-order valence-electron chi connectivity index (χ4n) is 5.26. The van der Waals surface area contributed by atoms with Gasteiger partial charge in [-0.2, -0.15) is 8.42 Å². The normalized spacial score (nSPS) is 46.1. The van der Waals surface area contributed by atoms with Crippen molar-refractivity contribution in [3.8, 4) is 0 Å². The van der Waals surface area contributed by atoms with Crippen LogP contribution in [0.3, 0.4) is 0 Å². The zero-order valence-corrected chi connectivity index (χ0v) is 10.8. The van der Waals surface area contributed by atoms with Crippen LogP contribution in [0.15, 0.2) is 0 Å². The first kappa shape index (κ1) is 11.9. The number of nitrogens with two attached hydrogens (primary N) is 1. The highest BCUT2D eigenvalue weighted by Gasteiger charge is 2.56. The average Bonchev–Trinajstić information content (AvgIpc) is 2.12. The zero-order valence-electron chi connectivity index (χ0n) is 10.0. The van der Waals surface area contributed by atoms with Crippen LogP contribution >= 0.6 is 0 Å². The molecule has 3 N–H and O–H groups in total. The third-order valence-corrected chi connectivity index (χ3v) is 6.75. The van der Waals surface area contributed by atoms with E-state index in [9.17, 15) is 13.0 Å². The van der Waals surface area contributed by atoms with E-state index in [0.29, 0.717) is 17.8 Å². The molecule has 4 saturated carbocycles. The molecule has 1 atom stereocenters. The molecule has 0 amide bonds. The lowest BCUT2D eigenvalue weighted by atomic mass is 9.48. The molecule has 0 radical (unpaired) electrons. The van der Waals surface area contributed by atoms with Crippen LogP contribution in [0.25, 0.3) is 0 Å². The summed E-state index contributed by atoms with van der Waals surface area (Å²) >= 11 is 0. The van der Waals surface area contributed by atoms with Gasteiger partial charge in [-0.3, -0.25) is 4.55 Å². The highest BCUT2D eigenvalue weighted by molar-refractivity contribution is 7.86. The third kappa shape index (κ3) is 1.83. The maximum absolute atomic E-state index is 11.6. The van der Waals surface area contributed by atoms with Gasteiger partial charge in [-0.1, -0.05) is 0 Å². The Morgan fingerprint density at radius 1 is 1.12 bits per heavy atom. The highest BCUT2D eigenvalue weighted by Crippen LogP contribution is 2.62.